The van der Waals surface area contributed by atoms with Crippen molar-refractivity contribution in [1.29, 1.82) is 0 Å². The number of hydrogen-bond acceptors (Lipinski definition) is 7. The first-order valence-corrected chi connectivity index (χ1v) is 8.73. The predicted molar refractivity (Wildman–Crippen MR) is 97.7 cm³/mol. The van der Waals surface area contributed by atoms with Gasteiger partial charge in [-0.25, -0.2) is 4.79 Å². The zero-order chi connectivity index (χ0) is 19.8. The van der Waals surface area contributed by atoms with Gasteiger partial charge in [-0.15, -0.1) is 0 Å². The van der Waals surface area contributed by atoms with E-state index in [4.69, 9.17) is 14.6 Å². The highest BCUT2D eigenvalue weighted by atomic mass is 16.5. The lowest BCUT2D eigenvalue weighted by Crippen LogP contribution is -2.31. The van der Waals surface area contributed by atoms with Crippen molar-refractivity contribution in [1.82, 2.24) is 4.90 Å². The first-order valence-electron chi connectivity index (χ1n) is 8.73. The van der Waals surface area contributed by atoms with E-state index in [1.165, 1.54) is 12.0 Å². The largest absolute Gasteiger partial charge is 0.466 e. The van der Waals surface area contributed by atoms with Gasteiger partial charge in [0.2, 0.25) is 0 Å². The summed E-state index contributed by atoms with van der Waals surface area (Å²) in [4.78, 5) is 37.2. The van der Waals surface area contributed by atoms with Crippen LogP contribution in [0.25, 0.3) is 0 Å². The van der Waals surface area contributed by atoms with Crippen LogP contribution < -0.4 is 5.32 Å². The number of aliphatic hydroxyl groups excluding tert-OH is 1. The van der Waals surface area contributed by atoms with E-state index >= 15 is 0 Å². The van der Waals surface area contributed by atoms with Crippen LogP contribution >= 0.6 is 0 Å². The first kappa shape index (κ1) is 20.4. The molecule has 1 aliphatic rings. The summed E-state index contributed by atoms with van der Waals surface area (Å²) in [7, 11) is 1.25. The molecule has 1 aromatic rings. The molecule has 0 saturated heterocycles. The van der Waals surface area contributed by atoms with Crippen molar-refractivity contribution in [3.8, 4) is 0 Å². The summed E-state index contributed by atoms with van der Waals surface area (Å²) in [5.74, 6) is -1.19. The standard InChI is InChI=1S/C19H24N2O6/c1-3-27-16(23)9-6-13-4-7-14(8-5-13)20-17-15(19(25)26-2)12-21(10-11-22)18(17)24/h4-5,7-8,20,22H,3,6,9-12H2,1-2H3. The summed E-state index contributed by atoms with van der Waals surface area (Å²) in [6.07, 6.45) is 0.852. The molecule has 2 N–H and O–H groups in total. The lowest BCUT2D eigenvalue weighted by molar-refractivity contribution is -0.143. The number of hydrogen-bond donors (Lipinski definition) is 2. The number of β-amino-alcohol motifs (C(OH)–C–C–N with tert-alkyl or cyclic N) is 1. The normalized spacial score (nSPS) is 13.7. The van der Waals surface area contributed by atoms with Crippen LogP contribution in [-0.2, 0) is 30.3 Å². The van der Waals surface area contributed by atoms with Crippen LogP contribution in [0.3, 0.4) is 0 Å². The molecular weight excluding hydrogens is 352 g/mol. The Labute approximate surface area is 157 Å². The molecule has 0 unspecified atom stereocenters. The number of ether oxygens (including phenoxy) is 2. The number of carbonyl (C=O) groups excluding carboxylic acids is 3. The second-order valence-electron chi connectivity index (χ2n) is 5.92. The summed E-state index contributed by atoms with van der Waals surface area (Å²) < 4.78 is 9.65. The molecule has 0 atom stereocenters. The van der Waals surface area contributed by atoms with Crippen molar-refractivity contribution < 1.29 is 29.0 Å². The van der Waals surface area contributed by atoms with Crippen LogP contribution in [0.4, 0.5) is 5.69 Å². The average molecular weight is 376 g/mol. The Kier molecular flexibility index (Phi) is 7.36. The summed E-state index contributed by atoms with van der Waals surface area (Å²) in [6, 6.07) is 7.21. The molecular formula is C19H24N2O6. The molecule has 1 aliphatic heterocycles. The fourth-order valence-electron chi connectivity index (χ4n) is 2.73. The van der Waals surface area contributed by atoms with Gasteiger partial charge in [-0.2, -0.15) is 0 Å². The van der Waals surface area contributed by atoms with Crippen molar-refractivity contribution in [2.45, 2.75) is 19.8 Å². The minimum Gasteiger partial charge on any atom is -0.466 e. The molecule has 1 heterocycles. The quantitative estimate of drug-likeness (QED) is 0.616. The molecule has 0 aromatic heterocycles. The van der Waals surface area contributed by atoms with Crippen LogP contribution in [0.1, 0.15) is 18.9 Å². The van der Waals surface area contributed by atoms with Gasteiger partial charge >= 0.3 is 11.9 Å². The maximum atomic E-state index is 12.5. The van der Waals surface area contributed by atoms with Crippen LogP contribution in [0.2, 0.25) is 0 Å². The Morgan fingerprint density at radius 2 is 1.96 bits per heavy atom. The number of benzene rings is 1. The smallest absolute Gasteiger partial charge is 0.337 e. The van der Waals surface area contributed by atoms with Crippen molar-refractivity contribution in [2.24, 2.45) is 0 Å². The van der Waals surface area contributed by atoms with Crippen molar-refractivity contribution in [3.05, 3.63) is 41.1 Å². The number of rotatable bonds is 9. The summed E-state index contributed by atoms with van der Waals surface area (Å²) in [5, 5.41) is 12.0. The lowest BCUT2D eigenvalue weighted by Gasteiger charge is -2.15. The van der Waals surface area contributed by atoms with Gasteiger partial charge in [0.05, 0.1) is 32.4 Å². The molecule has 2 rings (SSSR count). The molecule has 0 bridgehead atoms. The Hall–Kier alpha value is -2.87. The summed E-state index contributed by atoms with van der Waals surface area (Å²) in [6.45, 7) is 2.16. The van der Waals surface area contributed by atoms with E-state index in [1.807, 2.05) is 12.1 Å². The number of amides is 1. The maximum Gasteiger partial charge on any atom is 0.337 e. The van der Waals surface area contributed by atoms with E-state index in [1.54, 1.807) is 19.1 Å². The molecule has 0 radical (unpaired) electrons. The lowest BCUT2D eigenvalue weighted by atomic mass is 10.1. The predicted octanol–water partition coefficient (Wildman–Crippen LogP) is 0.856. The number of aliphatic hydroxyl groups is 1. The molecule has 8 heteroatoms. The Bertz CT molecular complexity index is 726. The fraction of sp³-hybridized carbons (Fsp3) is 0.421. The topological polar surface area (TPSA) is 105 Å². The van der Waals surface area contributed by atoms with Crippen LogP contribution in [0.5, 0.6) is 0 Å². The van der Waals surface area contributed by atoms with Crippen molar-refractivity contribution >= 4 is 23.5 Å². The van der Waals surface area contributed by atoms with Crippen LogP contribution in [-0.4, -0.2) is 61.3 Å². The number of esters is 2. The number of nitrogens with one attached hydrogen (secondary N) is 1. The molecule has 146 valence electrons. The average Bonchev–Trinajstić information content (AvgIpc) is 2.97. The second kappa shape index (κ2) is 9.72. The zero-order valence-electron chi connectivity index (χ0n) is 15.5. The third kappa shape index (κ3) is 5.30. The van der Waals surface area contributed by atoms with Crippen molar-refractivity contribution in [3.63, 3.8) is 0 Å². The van der Waals surface area contributed by atoms with E-state index in [0.717, 1.165) is 5.56 Å². The van der Waals surface area contributed by atoms with Crippen LogP contribution in [0, 0.1) is 0 Å². The van der Waals surface area contributed by atoms with Gasteiger partial charge in [-0.3, -0.25) is 9.59 Å². The SMILES string of the molecule is CCOC(=O)CCc1ccc(NC2=C(C(=O)OC)CN(CCO)C2=O)cc1. The monoisotopic (exact) mass is 376 g/mol. The Balaban J connectivity index is 2.08. The summed E-state index contributed by atoms with van der Waals surface area (Å²) >= 11 is 0. The number of anilines is 1. The molecule has 27 heavy (non-hydrogen) atoms. The Morgan fingerprint density at radius 1 is 1.26 bits per heavy atom. The van der Waals surface area contributed by atoms with E-state index in [2.05, 4.69) is 5.32 Å². The highest BCUT2D eigenvalue weighted by Crippen LogP contribution is 2.23. The first-order chi connectivity index (χ1) is 13.0. The van der Waals surface area contributed by atoms with E-state index in [9.17, 15) is 14.4 Å². The highest BCUT2D eigenvalue weighted by Gasteiger charge is 2.34. The number of nitrogens with zero attached hydrogens (tertiary/aromatic N) is 1. The molecule has 1 amide bonds. The van der Waals surface area contributed by atoms with Gasteiger partial charge in [-0.1, -0.05) is 12.1 Å². The number of aryl methyl sites for hydroxylation is 1. The minimum absolute atomic E-state index is 0.0893. The molecule has 0 spiro atoms. The van der Waals surface area contributed by atoms with Crippen molar-refractivity contribution in [2.75, 3.05) is 38.7 Å². The molecule has 0 fully saturated rings. The molecule has 0 aliphatic carbocycles. The highest BCUT2D eigenvalue weighted by molar-refractivity contribution is 6.08. The molecule has 0 saturated carbocycles. The van der Waals surface area contributed by atoms with Gasteiger partial charge in [0, 0.05) is 18.7 Å². The van der Waals surface area contributed by atoms with Gasteiger partial charge < -0.3 is 24.8 Å². The molecule has 1 aromatic carbocycles. The van der Waals surface area contributed by atoms with Gasteiger partial charge in [0.25, 0.3) is 5.91 Å². The minimum atomic E-state index is -0.586. The fourth-order valence-corrected chi connectivity index (χ4v) is 2.73. The third-order valence-corrected chi connectivity index (χ3v) is 4.10. The zero-order valence-corrected chi connectivity index (χ0v) is 15.5. The maximum absolute atomic E-state index is 12.5. The Morgan fingerprint density at radius 3 is 2.56 bits per heavy atom. The van der Waals surface area contributed by atoms with Crippen LogP contribution in [0.15, 0.2) is 35.5 Å². The van der Waals surface area contributed by atoms with E-state index in [-0.39, 0.29) is 42.8 Å². The second-order valence-corrected chi connectivity index (χ2v) is 5.92. The van der Waals surface area contributed by atoms with Gasteiger partial charge in [0.1, 0.15) is 5.70 Å². The third-order valence-electron chi connectivity index (χ3n) is 4.10. The number of methoxy groups -OCH3 is 1. The van der Waals surface area contributed by atoms with Gasteiger partial charge in [-0.05, 0) is 31.0 Å². The van der Waals surface area contributed by atoms with E-state index < -0.39 is 5.97 Å². The summed E-state index contributed by atoms with van der Waals surface area (Å²) in [5.41, 5.74) is 1.96. The van der Waals surface area contributed by atoms with Gasteiger partial charge in [0.15, 0.2) is 0 Å². The number of carbonyl (C=O) groups is 3. The molecule has 8 nitrogen and oxygen atoms in total. The van der Waals surface area contributed by atoms with E-state index in [0.29, 0.717) is 25.1 Å².